The van der Waals surface area contributed by atoms with Crippen LogP contribution in [0.25, 0.3) is 0 Å². The quantitative estimate of drug-likeness (QED) is 0.679. The molecule has 0 aliphatic carbocycles. The highest BCUT2D eigenvalue weighted by Crippen LogP contribution is 2.18. The van der Waals surface area contributed by atoms with E-state index in [4.69, 9.17) is 9.47 Å². The summed E-state index contributed by atoms with van der Waals surface area (Å²) in [5, 5.41) is 5.38. The van der Waals surface area contributed by atoms with Crippen molar-refractivity contribution in [1.29, 1.82) is 0 Å². The van der Waals surface area contributed by atoms with Crippen LogP contribution in [0, 0.1) is 0 Å². The SMILES string of the molecule is C=CCNC(=O)c1ccccc1NC(=O)COc1ccc(OCC)cc1. The lowest BCUT2D eigenvalue weighted by Gasteiger charge is -2.11. The van der Waals surface area contributed by atoms with Gasteiger partial charge in [-0.2, -0.15) is 0 Å². The highest BCUT2D eigenvalue weighted by Gasteiger charge is 2.12. The molecule has 2 aromatic rings. The molecule has 0 saturated carbocycles. The molecule has 0 saturated heterocycles. The number of anilines is 1. The third-order valence-electron chi connectivity index (χ3n) is 3.36. The summed E-state index contributed by atoms with van der Waals surface area (Å²) in [7, 11) is 0. The number of benzene rings is 2. The van der Waals surface area contributed by atoms with Crippen molar-refractivity contribution >= 4 is 17.5 Å². The minimum atomic E-state index is -0.358. The van der Waals surface area contributed by atoms with Crippen molar-refractivity contribution in [2.24, 2.45) is 0 Å². The van der Waals surface area contributed by atoms with E-state index in [2.05, 4.69) is 17.2 Å². The monoisotopic (exact) mass is 354 g/mol. The molecule has 2 amide bonds. The van der Waals surface area contributed by atoms with Gasteiger partial charge in [0, 0.05) is 6.54 Å². The van der Waals surface area contributed by atoms with Crippen LogP contribution in [-0.4, -0.2) is 31.6 Å². The molecule has 6 nitrogen and oxygen atoms in total. The molecule has 2 aromatic carbocycles. The summed E-state index contributed by atoms with van der Waals surface area (Å²) >= 11 is 0. The lowest BCUT2D eigenvalue weighted by Crippen LogP contribution is -2.26. The third kappa shape index (κ3) is 5.66. The number of carbonyl (C=O) groups is 2. The van der Waals surface area contributed by atoms with Gasteiger partial charge in [-0.3, -0.25) is 9.59 Å². The van der Waals surface area contributed by atoms with Crippen LogP contribution in [0.3, 0.4) is 0 Å². The first kappa shape index (κ1) is 19.1. The van der Waals surface area contributed by atoms with Gasteiger partial charge in [0.25, 0.3) is 11.8 Å². The molecule has 26 heavy (non-hydrogen) atoms. The number of amides is 2. The van der Waals surface area contributed by atoms with Crippen molar-refractivity contribution in [2.45, 2.75) is 6.92 Å². The van der Waals surface area contributed by atoms with E-state index >= 15 is 0 Å². The zero-order chi connectivity index (χ0) is 18.8. The maximum Gasteiger partial charge on any atom is 0.262 e. The molecule has 136 valence electrons. The molecular weight excluding hydrogens is 332 g/mol. The number of hydrogen-bond acceptors (Lipinski definition) is 4. The van der Waals surface area contributed by atoms with Gasteiger partial charge in [0.1, 0.15) is 11.5 Å². The number of para-hydroxylation sites is 1. The van der Waals surface area contributed by atoms with Gasteiger partial charge in [-0.15, -0.1) is 6.58 Å². The third-order valence-corrected chi connectivity index (χ3v) is 3.36. The van der Waals surface area contributed by atoms with E-state index in [0.717, 1.165) is 5.75 Å². The van der Waals surface area contributed by atoms with E-state index < -0.39 is 0 Å². The second-order valence-electron chi connectivity index (χ2n) is 5.29. The molecule has 2 N–H and O–H groups in total. The van der Waals surface area contributed by atoms with Crippen molar-refractivity contribution in [3.05, 3.63) is 66.7 Å². The van der Waals surface area contributed by atoms with Gasteiger partial charge in [0.2, 0.25) is 0 Å². The molecule has 0 bridgehead atoms. The zero-order valence-corrected chi connectivity index (χ0v) is 14.7. The Kier molecular flexibility index (Phi) is 7.24. The van der Waals surface area contributed by atoms with E-state index in [1.807, 2.05) is 6.92 Å². The Labute approximate surface area is 152 Å². The van der Waals surface area contributed by atoms with Crippen molar-refractivity contribution in [3.8, 4) is 11.5 Å². The van der Waals surface area contributed by atoms with Gasteiger partial charge in [-0.05, 0) is 43.3 Å². The molecule has 0 unspecified atom stereocenters. The second-order valence-corrected chi connectivity index (χ2v) is 5.29. The Morgan fingerprint density at radius 1 is 1.04 bits per heavy atom. The Morgan fingerprint density at radius 2 is 1.69 bits per heavy atom. The molecule has 0 atom stereocenters. The van der Waals surface area contributed by atoms with Crippen molar-refractivity contribution in [2.75, 3.05) is 25.1 Å². The molecule has 0 spiro atoms. The normalized spacial score (nSPS) is 9.88. The Hall–Kier alpha value is -3.28. The zero-order valence-electron chi connectivity index (χ0n) is 14.7. The number of nitrogens with one attached hydrogen (secondary N) is 2. The molecule has 0 aromatic heterocycles. The molecule has 2 rings (SSSR count). The van der Waals surface area contributed by atoms with Gasteiger partial charge in [0.05, 0.1) is 17.9 Å². The Balaban J connectivity index is 1.93. The van der Waals surface area contributed by atoms with Crippen molar-refractivity contribution < 1.29 is 19.1 Å². The maximum atomic E-state index is 12.1. The van der Waals surface area contributed by atoms with Crippen molar-refractivity contribution in [1.82, 2.24) is 5.32 Å². The van der Waals surface area contributed by atoms with Crippen LogP contribution in [-0.2, 0) is 4.79 Å². The average Bonchev–Trinajstić information content (AvgIpc) is 2.66. The van der Waals surface area contributed by atoms with Crippen LogP contribution < -0.4 is 20.1 Å². The Morgan fingerprint density at radius 3 is 2.35 bits per heavy atom. The first-order valence-electron chi connectivity index (χ1n) is 8.27. The van der Waals surface area contributed by atoms with Crippen LogP contribution in [0.4, 0.5) is 5.69 Å². The molecule has 0 radical (unpaired) electrons. The standard InChI is InChI=1S/C20H22N2O4/c1-3-13-21-20(24)17-7-5-6-8-18(17)22-19(23)14-26-16-11-9-15(10-12-16)25-4-2/h3,5-12H,1,4,13-14H2,2H3,(H,21,24)(H,22,23). The maximum absolute atomic E-state index is 12.1. The van der Waals surface area contributed by atoms with Gasteiger partial charge >= 0.3 is 0 Å². The average molecular weight is 354 g/mol. The number of rotatable bonds is 9. The van der Waals surface area contributed by atoms with E-state index in [9.17, 15) is 9.59 Å². The number of carbonyl (C=O) groups excluding carboxylic acids is 2. The highest BCUT2D eigenvalue weighted by molar-refractivity contribution is 6.04. The summed E-state index contributed by atoms with van der Waals surface area (Å²) in [6.07, 6.45) is 1.59. The molecule has 0 fully saturated rings. The Bertz CT molecular complexity index is 757. The minimum absolute atomic E-state index is 0.170. The number of ether oxygens (including phenoxy) is 2. The first-order valence-corrected chi connectivity index (χ1v) is 8.27. The summed E-state index contributed by atoms with van der Waals surface area (Å²) in [6, 6.07) is 13.8. The summed E-state index contributed by atoms with van der Waals surface area (Å²) in [6.45, 7) is 6.23. The molecule has 0 aliphatic heterocycles. The summed E-state index contributed by atoms with van der Waals surface area (Å²) in [5.41, 5.74) is 0.804. The van der Waals surface area contributed by atoms with Crippen LogP contribution >= 0.6 is 0 Å². The fraction of sp³-hybridized carbons (Fsp3) is 0.200. The summed E-state index contributed by atoms with van der Waals surface area (Å²) in [4.78, 5) is 24.3. The van der Waals surface area contributed by atoms with Crippen molar-refractivity contribution in [3.63, 3.8) is 0 Å². The minimum Gasteiger partial charge on any atom is -0.494 e. The highest BCUT2D eigenvalue weighted by atomic mass is 16.5. The molecule has 0 aliphatic rings. The smallest absolute Gasteiger partial charge is 0.262 e. The molecular formula is C20H22N2O4. The second kappa shape index (κ2) is 9.88. The summed E-state index contributed by atoms with van der Waals surface area (Å²) < 4.78 is 10.8. The van der Waals surface area contributed by atoms with Gasteiger partial charge < -0.3 is 20.1 Å². The topological polar surface area (TPSA) is 76.7 Å². The van der Waals surface area contributed by atoms with Gasteiger partial charge in [0.15, 0.2) is 6.61 Å². The van der Waals surface area contributed by atoms with Crippen LogP contribution in [0.2, 0.25) is 0 Å². The lowest BCUT2D eigenvalue weighted by molar-refractivity contribution is -0.118. The number of hydrogen-bond donors (Lipinski definition) is 2. The molecule has 0 heterocycles. The van der Waals surface area contributed by atoms with Crippen LogP contribution in [0.15, 0.2) is 61.2 Å². The lowest BCUT2D eigenvalue weighted by atomic mass is 10.1. The van der Waals surface area contributed by atoms with E-state index in [0.29, 0.717) is 30.2 Å². The van der Waals surface area contributed by atoms with Gasteiger partial charge in [-0.1, -0.05) is 18.2 Å². The predicted octanol–water partition coefficient (Wildman–Crippen LogP) is 3.02. The van der Waals surface area contributed by atoms with E-state index in [1.54, 1.807) is 54.6 Å². The molecule has 6 heteroatoms. The van der Waals surface area contributed by atoms with Crippen LogP contribution in [0.1, 0.15) is 17.3 Å². The van der Waals surface area contributed by atoms with E-state index in [1.165, 1.54) is 0 Å². The van der Waals surface area contributed by atoms with Crippen LogP contribution in [0.5, 0.6) is 11.5 Å². The predicted molar refractivity (Wildman–Crippen MR) is 101 cm³/mol. The van der Waals surface area contributed by atoms with Gasteiger partial charge in [-0.25, -0.2) is 0 Å². The van der Waals surface area contributed by atoms with E-state index in [-0.39, 0.29) is 18.4 Å². The largest absolute Gasteiger partial charge is 0.494 e. The fourth-order valence-electron chi connectivity index (χ4n) is 2.18. The summed E-state index contributed by atoms with van der Waals surface area (Å²) in [5.74, 6) is 0.653. The first-order chi connectivity index (χ1) is 12.6. The fourth-order valence-corrected chi connectivity index (χ4v) is 2.18.